The maximum atomic E-state index is 13.1. The molecule has 1 amide bonds. The molecule has 0 N–H and O–H groups in total. The summed E-state index contributed by atoms with van der Waals surface area (Å²) in [6, 6.07) is 22.6. The first-order chi connectivity index (χ1) is 17.5. The summed E-state index contributed by atoms with van der Waals surface area (Å²) in [5.41, 5.74) is 6.57. The number of allylic oxidation sites excluding steroid dienone is 1. The van der Waals surface area contributed by atoms with E-state index in [0.29, 0.717) is 19.6 Å². The van der Waals surface area contributed by atoms with Crippen molar-refractivity contribution >= 4 is 22.6 Å². The molecule has 1 atom stereocenters. The summed E-state index contributed by atoms with van der Waals surface area (Å²) in [5.74, 6) is 2.12. The van der Waals surface area contributed by atoms with E-state index < -0.39 is 0 Å². The standard InChI is InChI=1S/C31H33N3O2/c1-4-10-24-11-5-8-14-29(24)36-18-9-17-33-28-13-7-6-12-26(28)32-31(33)25-20-30(35)34(21-25)27-16-15-22(2)19-23(27)3/h4-8,11-16,19,25H,1,9-10,17-18,20-21H2,2-3H3. The number of carbonyl (C=O) groups excluding carboxylic acids is 1. The molecule has 1 aromatic heterocycles. The summed E-state index contributed by atoms with van der Waals surface area (Å²) in [5, 5.41) is 0. The molecule has 3 aromatic carbocycles. The van der Waals surface area contributed by atoms with E-state index >= 15 is 0 Å². The maximum Gasteiger partial charge on any atom is 0.227 e. The van der Waals surface area contributed by atoms with Crippen molar-refractivity contribution in [2.45, 2.75) is 45.6 Å². The molecule has 5 nitrogen and oxygen atoms in total. The number of para-hydroxylation sites is 3. The minimum Gasteiger partial charge on any atom is -0.493 e. The van der Waals surface area contributed by atoms with Crippen LogP contribution in [0.2, 0.25) is 0 Å². The highest BCUT2D eigenvalue weighted by atomic mass is 16.5. The van der Waals surface area contributed by atoms with Gasteiger partial charge in [0.25, 0.3) is 0 Å². The summed E-state index contributed by atoms with van der Waals surface area (Å²) in [6.45, 7) is 10.0. The fraction of sp³-hybridized carbons (Fsp3) is 0.290. The second-order valence-corrected chi connectivity index (χ2v) is 9.61. The third kappa shape index (κ3) is 4.78. The molecule has 1 aliphatic heterocycles. The van der Waals surface area contributed by atoms with Gasteiger partial charge in [0.2, 0.25) is 5.91 Å². The zero-order chi connectivity index (χ0) is 25.1. The van der Waals surface area contributed by atoms with E-state index in [4.69, 9.17) is 9.72 Å². The number of aryl methyl sites for hydroxylation is 3. The predicted molar refractivity (Wildman–Crippen MR) is 146 cm³/mol. The Morgan fingerprint density at radius 2 is 1.89 bits per heavy atom. The number of amides is 1. The van der Waals surface area contributed by atoms with Crippen LogP contribution in [0, 0.1) is 13.8 Å². The summed E-state index contributed by atoms with van der Waals surface area (Å²) >= 11 is 0. The van der Waals surface area contributed by atoms with Crippen LogP contribution in [0.25, 0.3) is 11.0 Å². The van der Waals surface area contributed by atoms with Crippen molar-refractivity contribution < 1.29 is 9.53 Å². The number of hydrogen-bond acceptors (Lipinski definition) is 3. The number of rotatable bonds is 9. The molecule has 1 unspecified atom stereocenters. The van der Waals surface area contributed by atoms with Crippen molar-refractivity contribution in [3.8, 4) is 5.75 Å². The summed E-state index contributed by atoms with van der Waals surface area (Å²) in [6.07, 6.45) is 4.01. The van der Waals surface area contributed by atoms with Gasteiger partial charge in [0.05, 0.1) is 17.6 Å². The van der Waals surface area contributed by atoms with Crippen LogP contribution in [0.4, 0.5) is 5.69 Å². The van der Waals surface area contributed by atoms with Crippen LogP contribution in [0.1, 0.15) is 41.3 Å². The largest absolute Gasteiger partial charge is 0.493 e. The van der Waals surface area contributed by atoms with Gasteiger partial charge in [0.1, 0.15) is 11.6 Å². The van der Waals surface area contributed by atoms with Gasteiger partial charge in [-0.1, -0.05) is 54.1 Å². The topological polar surface area (TPSA) is 47.4 Å². The van der Waals surface area contributed by atoms with E-state index in [1.807, 2.05) is 41.3 Å². The SMILES string of the molecule is C=CCc1ccccc1OCCCn1c(C2CC(=O)N(c3ccc(C)cc3C)C2)nc2ccccc21. The third-order valence-electron chi connectivity index (χ3n) is 6.94. The quantitative estimate of drug-likeness (QED) is 0.207. The van der Waals surface area contributed by atoms with Crippen LogP contribution in [-0.2, 0) is 17.8 Å². The van der Waals surface area contributed by atoms with Gasteiger partial charge in [0, 0.05) is 31.1 Å². The van der Waals surface area contributed by atoms with Gasteiger partial charge in [-0.25, -0.2) is 4.98 Å². The molecule has 0 saturated carbocycles. The second-order valence-electron chi connectivity index (χ2n) is 9.61. The molecule has 4 aromatic rings. The van der Waals surface area contributed by atoms with Crippen LogP contribution < -0.4 is 9.64 Å². The molecule has 0 spiro atoms. The Bertz CT molecular complexity index is 1400. The van der Waals surface area contributed by atoms with Crippen molar-refractivity contribution in [3.63, 3.8) is 0 Å². The monoisotopic (exact) mass is 479 g/mol. The van der Waals surface area contributed by atoms with Crippen LogP contribution >= 0.6 is 0 Å². The number of benzene rings is 3. The predicted octanol–water partition coefficient (Wildman–Crippen LogP) is 6.37. The lowest BCUT2D eigenvalue weighted by Crippen LogP contribution is -2.25. The van der Waals surface area contributed by atoms with Crippen molar-refractivity contribution in [1.29, 1.82) is 0 Å². The molecule has 2 heterocycles. The third-order valence-corrected chi connectivity index (χ3v) is 6.94. The maximum absolute atomic E-state index is 13.1. The first-order valence-electron chi connectivity index (χ1n) is 12.7. The first-order valence-corrected chi connectivity index (χ1v) is 12.7. The lowest BCUT2D eigenvalue weighted by atomic mass is 10.1. The number of imidazole rings is 1. The Morgan fingerprint density at radius 1 is 1.08 bits per heavy atom. The fourth-order valence-corrected chi connectivity index (χ4v) is 5.24. The lowest BCUT2D eigenvalue weighted by Gasteiger charge is -2.20. The average Bonchev–Trinajstić information content (AvgIpc) is 3.43. The van der Waals surface area contributed by atoms with E-state index in [1.54, 1.807) is 0 Å². The van der Waals surface area contributed by atoms with E-state index in [1.165, 1.54) is 5.56 Å². The molecule has 5 rings (SSSR count). The molecule has 1 aliphatic rings. The van der Waals surface area contributed by atoms with Gasteiger partial charge < -0.3 is 14.2 Å². The minimum atomic E-state index is 0.0554. The molecular weight excluding hydrogens is 446 g/mol. The zero-order valence-electron chi connectivity index (χ0n) is 21.1. The van der Waals surface area contributed by atoms with Crippen LogP contribution in [0.3, 0.4) is 0 Å². The van der Waals surface area contributed by atoms with Crippen molar-refractivity contribution in [2.24, 2.45) is 0 Å². The Labute approximate surface area is 213 Å². The van der Waals surface area contributed by atoms with E-state index in [-0.39, 0.29) is 11.8 Å². The van der Waals surface area contributed by atoms with Gasteiger partial charge in [-0.05, 0) is 62.1 Å². The van der Waals surface area contributed by atoms with E-state index in [0.717, 1.165) is 58.8 Å². The zero-order valence-corrected chi connectivity index (χ0v) is 21.1. The number of ether oxygens (including phenoxy) is 1. The highest BCUT2D eigenvalue weighted by molar-refractivity contribution is 5.97. The summed E-state index contributed by atoms with van der Waals surface area (Å²) in [7, 11) is 0. The normalized spacial score (nSPS) is 15.6. The number of hydrogen-bond donors (Lipinski definition) is 0. The number of aromatic nitrogens is 2. The number of anilines is 1. The molecule has 1 fully saturated rings. The molecular formula is C31H33N3O2. The molecule has 5 heteroatoms. The highest BCUT2D eigenvalue weighted by Crippen LogP contribution is 2.35. The van der Waals surface area contributed by atoms with Gasteiger partial charge in [0.15, 0.2) is 0 Å². The molecule has 184 valence electrons. The second kappa shape index (κ2) is 10.4. The van der Waals surface area contributed by atoms with Gasteiger partial charge in [-0.2, -0.15) is 0 Å². The molecule has 0 aliphatic carbocycles. The molecule has 0 bridgehead atoms. The van der Waals surface area contributed by atoms with Gasteiger partial charge in [-0.3, -0.25) is 4.79 Å². The van der Waals surface area contributed by atoms with Crippen molar-refractivity contribution in [2.75, 3.05) is 18.1 Å². The lowest BCUT2D eigenvalue weighted by molar-refractivity contribution is -0.117. The van der Waals surface area contributed by atoms with Crippen molar-refractivity contribution in [1.82, 2.24) is 9.55 Å². The first kappa shape index (κ1) is 23.9. The molecule has 0 radical (unpaired) electrons. The average molecular weight is 480 g/mol. The minimum absolute atomic E-state index is 0.0554. The van der Waals surface area contributed by atoms with Gasteiger partial charge >= 0.3 is 0 Å². The van der Waals surface area contributed by atoms with E-state index in [2.05, 4.69) is 61.4 Å². The number of fused-ring (bicyclic) bond motifs is 1. The fourth-order valence-electron chi connectivity index (χ4n) is 5.24. The molecule has 1 saturated heterocycles. The van der Waals surface area contributed by atoms with E-state index in [9.17, 15) is 4.79 Å². The highest BCUT2D eigenvalue weighted by Gasteiger charge is 2.35. The Hall–Kier alpha value is -3.86. The summed E-state index contributed by atoms with van der Waals surface area (Å²) < 4.78 is 8.43. The Morgan fingerprint density at radius 3 is 2.72 bits per heavy atom. The number of carbonyl (C=O) groups is 1. The smallest absolute Gasteiger partial charge is 0.227 e. The van der Waals surface area contributed by atoms with Gasteiger partial charge in [-0.15, -0.1) is 6.58 Å². The number of nitrogens with zero attached hydrogens (tertiary/aromatic N) is 3. The Kier molecular flexibility index (Phi) is 6.90. The molecule has 36 heavy (non-hydrogen) atoms. The Balaban J connectivity index is 1.34. The van der Waals surface area contributed by atoms with Crippen LogP contribution in [0.15, 0.2) is 79.4 Å². The van der Waals surface area contributed by atoms with Crippen LogP contribution in [-0.4, -0.2) is 28.6 Å². The van der Waals surface area contributed by atoms with Crippen LogP contribution in [0.5, 0.6) is 5.75 Å². The van der Waals surface area contributed by atoms with Crippen molar-refractivity contribution in [3.05, 3.63) is 102 Å². The summed E-state index contributed by atoms with van der Waals surface area (Å²) in [4.78, 5) is 20.0.